The van der Waals surface area contributed by atoms with Crippen molar-refractivity contribution in [2.45, 2.75) is 6.42 Å². The molecule has 0 spiro atoms. The van der Waals surface area contributed by atoms with Crippen molar-refractivity contribution in [3.05, 3.63) is 81.2 Å². The molecule has 0 bridgehead atoms. The Morgan fingerprint density at radius 1 is 1.07 bits per heavy atom. The molecule has 1 aromatic heterocycles. The number of benzene rings is 2. The van der Waals surface area contributed by atoms with Gasteiger partial charge >= 0.3 is 11.6 Å². The zero-order chi connectivity index (χ0) is 19.2. The van der Waals surface area contributed by atoms with Crippen molar-refractivity contribution in [1.29, 1.82) is 0 Å². The molecule has 3 aromatic rings. The third kappa shape index (κ3) is 4.95. The summed E-state index contributed by atoms with van der Waals surface area (Å²) in [7, 11) is 0. The van der Waals surface area contributed by atoms with E-state index in [0.29, 0.717) is 29.0 Å². The number of fused-ring (bicyclic) bond motifs is 1. The molecule has 1 amide bonds. The molecule has 0 aliphatic rings. The number of nitrogens with one attached hydrogen (secondary N) is 1. The van der Waals surface area contributed by atoms with E-state index in [1.54, 1.807) is 30.3 Å². The van der Waals surface area contributed by atoms with Gasteiger partial charge in [-0.3, -0.25) is 4.79 Å². The molecule has 2 aromatic carbocycles. The molecule has 0 radical (unpaired) electrons. The van der Waals surface area contributed by atoms with Crippen LogP contribution in [0.5, 0.6) is 0 Å². The predicted molar refractivity (Wildman–Crippen MR) is 101 cm³/mol. The monoisotopic (exact) mass is 385 g/mol. The maximum absolute atomic E-state index is 12.1. The molecule has 0 unspecified atom stereocenters. The molecule has 0 saturated carbocycles. The average Bonchev–Trinajstić information content (AvgIpc) is 2.65. The molecule has 0 aliphatic carbocycles. The standard InChI is InChI=1S/C20H16ClNO5/c21-15-6-3-4-13(10-15)8-9-22-18(23)12-26-19(24)16-11-14-5-1-2-7-17(14)27-20(16)25/h1-7,10-11H,8-9,12H2,(H,22,23). The Hall–Kier alpha value is -3.12. The van der Waals surface area contributed by atoms with Gasteiger partial charge in [-0.2, -0.15) is 0 Å². The van der Waals surface area contributed by atoms with E-state index in [1.807, 2.05) is 18.2 Å². The molecule has 27 heavy (non-hydrogen) atoms. The maximum Gasteiger partial charge on any atom is 0.351 e. The van der Waals surface area contributed by atoms with E-state index >= 15 is 0 Å². The Kier molecular flexibility index (Phi) is 5.88. The molecule has 1 N–H and O–H groups in total. The van der Waals surface area contributed by atoms with Gasteiger partial charge in [0.25, 0.3) is 5.91 Å². The fraction of sp³-hybridized carbons (Fsp3) is 0.150. The summed E-state index contributed by atoms with van der Waals surface area (Å²) in [5.41, 5.74) is 0.298. The number of halogens is 1. The first-order valence-corrected chi connectivity index (χ1v) is 8.62. The normalized spacial score (nSPS) is 10.6. The van der Waals surface area contributed by atoms with Crippen LogP contribution in [0.4, 0.5) is 0 Å². The second-order valence-electron chi connectivity index (χ2n) is 5.79. The van der Waals surface area contributed by atoms with Crippen LogP contribution in [0.2, 0.25) is 5.02 Å². The van der Waals surface area contributed by atoms with Crippen LogP contribution in [0, 0.1) is 0 Å². The molecule has 3 rings (SSSR count). The third-order valence-electron chi connectivity index (χ3n) is 3.82. The lowest BCUT2D eigenvalue weighted by Crippen LogP contribution is -2.31. The van der Waals surface area contributed by atoms with E-state index in [-0.39, 0.29) is 5.56 Å². The van der Waals surface area contributed by atoms with Gasteiger partial charge in [0.05, 0.1) is 0 Å². The van der Waals surface area contributed by atoms with Crippen molar-refractivity contribution >= 4 is 34.4 Å². The Bertz CT molecular complexity index is 1040. The van der Waals surface area contributed by atoms with Crippen molar-refractivity contribution in [1.82, 2.24) is 5.32 Å². The second kappa shape index (κ2) is 8.51. The summed E-state index contributed by atoms with van der Waals surface area (Å²) in [6.45, 7) is -0.116. The Morgan fingerprint density at radius 2 is 1.89 bits per heavy atom. The Balaban J connectivity index is 1.52. The minimum Gasteiger partial charge on any atom is -0.452 e. The SMILES string of the molecule is O=C(COC(=O)c1cc2ccccc2oc1=O)NCCc1cccc(Cl)c1. The maximum atomic E-state index is 12.1. The molecule has 7 heteroatoms. The summed E-state index contributed by atoms with van der Waals surface area (Å²) in [5.74, 6) is -1.37. The summed E-state index contributed by atoms with van der Waals surface area (Å²) >= 11 is 5.90. The summed E-state index contributed by atoms with van der Waals surface area (Å²) in [5, 5.41) is 3.86. The molecular weight excluding hydrogens is 370 g/mol. The highest BCUT2D eigenvalue weighted by Crippen LogP contribution is 2.13. The van der Waals surface area contributed by atoms with Crippen LogP contribution in [0.3, 0.4) is 0 Å². The topological polar surface area (TPSA) is 85.6 Å². The first-order valence-electron chi connectivity index (χ1n) is 8.24. The van der Waals surface area contributed by atoms with Crippen LogP contribution in [0.1, 0.15) is 15.9 Å². The van der Waals surface area contributed by atoms with Crippen molar-refractivity contribution in [3.63, 3.8) is 0 Å². The fourth-order valence-corrected chi connectivity index (χ4v) is 2.72. The van der Waals surface area contributed by atoms with Crippen LogP contribution in [-0.2, 0) is 16.0 Å². The highest BCUT2D eigenvalue weighted by molar-refractivity contribution is 6.30. The van der Waals surface area contributed by atoms with Gasteiger partial charge < -0.3 is 14.5 Å². The number of para-hydroxylation sites is 1. The Morgan fingerprint density at radius 3 is 2.70 bits per heavy atom. The molecule has 138 valence electrons. The molecular formula is C20H16ClNO5. The molecule has 0 saturated heterocycles. The van der Waals surface area contributed by atoms with Crippen molar-refractivity contribution in [3.8, 4) is 0 Å². The predicted octanol–water partition coefficient (Wildman–Crippen LogP) is 2.96. The van der Waals surface area contributed by atoms with Crippen LogP contribution in [0.15, 0.2) is 63.8 Å². The van der Waals surface area contributed by atoms with E-state index in [0.717, 1.165) is 5.56 Å². The fourth-order valence-electron chi connectivity index (χ4n) is 2.50. The lowest BCUT2D eigenvalue weighted by molar-refractivity contribution is -0.124. The van der Waals surface area contributed by atoms with Crippen LogP contribution in [-0.4, -0.2) is 25.0 Å². The minimum absolute atomic E-state index is 0.250. The zero-order valence-electron chi connectivity index (χ0n) is 14.2. The first-order chi connectivity index (χ1) is 13.0. The smallest absolute Gasteiger partial charge is 0.351 e. The van der Waals surface area contributed by atoms with Gasteiger partial charge in [0, 0.05) is 17.0 Å². The summed E-state index contributed by atoms with van der Waals surface area (Å²) < 4.78 is 9.99. The van der Waals surface area contributed by atoms with E-state index in [1.165, 1.54) is 6.07 Å². The largest absolute Gasteiger partial charge is 0.452 e. The summed E-state index contributed by atoms with van der Waals surface area (Å²) in [6, 6.07) is 15.5. The lowest BCUT2D eigenvalue weighted by Gasteiger charge is -2.07. The average molecular weight is 386 g/mol. The van der Waals surface area contributed by atoms with E-state index in [2.05, 4.69) is 5.32 Å². The van der Waals surface area contributed by atoms with E-state index in [9.17, 15) is 14.4 Å². The number of hydrogen-bond acceptors (Lipinski definition) is 5. The molecule has 1 heterocycles. The van der Waals surface area contributed by atoms with Gasteiger partial charge in [-0.15, -0.1) is 0 Å². The number of carbonyl (C=O) groups is 2. The number of hydrogen-bond donors (Lipinski definition) is 1. The second-order valence-corrected chi connectivity index (χ2v) is 6.23. The highest BCUT2D eigenvalue weighted by atomic mass is 35.5. The van der Waals surface area contributed by atoms with Crippen molar-refractivity contribution in [2.24, 2.45) is 0 Å². The van der Waals surface area contributed by atoms with Crippen LogP contribution in [0.25, 0.3) is 11.0 Å². The van der Waals surface area contributed by atoms with Gasteiger partial charge in [-0.1, -0.05) is 41.9 Å². The summed E-state index contributed by atoms with van der Waals surface area (Å²) in [6.07, 6.45) is 0.592. The number of amides is 1. The number of esters is 1. The van der Waals surface area contributed by atoms with Crippen LogP contribution < -0.4 is 10.9 Å². The quantitative estimate of drug-likeness (QED) is 0.521. The third-order valence-corrected chi connectivity index (χ3v) is 4.06. The van der Waals surface area contributed by atoms with E-state index in [4.69, 9.17) is 20.8 Å². The van der Waals surface area contributed by atoms with Gasteiger partial charge in [0.1, 0.15) is 11.1 Å². The van der Waals surface area contributed by atoms with Gasteiger partial charge in [-0.05, 0) is 36.2 Å². The summed E-state index contributed by atoms with van der Waals surface area (Å²) in [4.78, 5) is 35.8. The Labute approximate surface area is 159 Å². The van der Waals surface area contributed by atoms with Crippen molar-refractivity contribution < 1.29 is 18.7 Å². The highest BCUT2D eigenvalue weighted by Gasteiger charge is 2.16. The lowest BCUT2D eigenvalue weighted by atomic mass is 10.1. The molecule has 0 atom stereocenters. The number of ether oxygens (including phenoxy) is 1. The van der Waals surface area contributed by atoms with Crippen molar-refractivity contribution in [2.75, 3.05) is 13.2 Å². The van der Waals surface area contributed by atoms with E-state index < -0.39 is 24.1 Å². The number of rotatable bonds is 6. The number of carbonyl (C=O) groups excluding carboxylic acids is 2. The van der Waals surface area contributed by atoms with Gasteiger partial charge in [-0.25, -0.2) is 9.59 Å². The molecule has 6 nitrogen and oxygen atoms in total. The zero-order valence-corrected chi connectivity index (χ0v) is 15.0. The van der Waals surface area contributed by atoms with Crippen LogP contribution >= 0.6 is 11.6 Å². The molecule has 0 aliphatic heterocycles. The van der Waals surface area contributed by atoms with Gasteiger partial charge in [0.15, 0.2) is 6.61 Å². The minimum atomic E-state index is -0.903. The molecule has 0 fully saturated rings. The van der Waals surface area contributed by atoms with Gasteiger partial charge in [0.2, 0.25) is 0 Å². The first kappa shape index (κ1) is 18.7.